The van der Waals surface area contributed by atoms with Crippen LogP contribution >= 0.6 is 15.9 Å². The number of benzene rings is 2. The van der Waals surface area contributed by atoms with Crippen molar-refractivity contribution in [3.05, 3.63) is 52.5 Å². The van der Waals surface area contributed by atoms with E-state index in [0.717, 1.165) is 35.2 Å². The van der Waals surface area contributed by atoms with Gasteiger partial charge in [-0.05, 0) is 67.8 Å². The first-order valence-electron chi connectivity index (χ1n) is 8.63. The molecule has 1 atom stereocenters. The fourth-order valence-corrected chi connectivity index (χ4v) is 2.90. The molecule has 3 rings (SSSR count). The molecule has 1 N–H and O–H groups in total. The highest BCUT2D eigenvalue weighted by atomic mass is 79.9. The van der Waals surface area contributed by atoms with Gasteiger partial charge in [0.25, 0.3) is 5.91 Å². The van der Waals surface area contributed by atoms with Gasteiger partial charge in [-0.25, -0.2) is 0 Å². The first-order chi connectivity index (χ1) is 12.6. The second-order valence-corrected chi connectivity index (χ2v) is 7.07. The summed E-state index contributed by atoms with van der Waals surface area (Å²) in [5.41, 5.74) is 1.76. The van der Waals surface area contributed by atoms with E-state index in [9.17, 15) is 4.79 Å². The zero-order valence-electron chi connectivity index (χ0n) is 14.7. The largest absolute Gasteiger partial charge is 0.491 e. The molecule has 1 fully saturated rings. The van der Waals surface area contributed by atoms with Crippen molar-refractivity contribution in [1.29, 1.82) is 0 Å². The molecule has 0 aliphatic carbocycles. The zero-order chi connectivity index (χ0) is 18.4. The van der Waals surface area contributed by atoms with Crippen LogP contribution in [0.15, 0.2) is 46.9 Å². The Bertz CT molecular complexity index is 742. The number of rotatable bonds is 7. The number of anilines is 1. The van der Waals surface area contributed by atoms with E-state index in [-0.39, 0.29) is 18.6 Å². The third-order valence-electron chi connectivity index (χ3n) is 4.10. The van der Waals surface area contributed by atoms with Crippen molar-refractivity contribution >= 4 is 27.5 Å². The number of carbonyl (C=O) groups excluding carboxylic acids is 1. The van der Waals surface area contributed by atoms with E-state index in [2.05, 4.69) is 21.2 Å². The van der Waals surface area contributed by atoms with Crippen LogP contribution in [0.5, 0.6) is 11.5 Å². The molecule has 2 aromatic rings. The van der Waals surface area contributed by atoms with Crippen molar-refractivity contribution in [3.8, 4) is 11.5 Å². The zero-order valence-corrected chi connectivity index (χ0v) is 16.3. The van der Waals surface area contributed by atoms with Crippen LogP contribution in [0.1, 0.15) is 18.4 Å². The number of hydrogen-bond donors (Lipinski definition) is 1. The predicted octanol–water partition coefficient (Wildman–Crippen LogP) is 4.33. The summed E-state index contributed by atoms with van der Waals surface area (Å²) in [4.78, 5) is 12.0. The molecule has 1 saturated heterocycles. The van der Waals surface area contributed by atoms with Gasteiger partial charge in [-0.3, -0.25) is 4.79 Å². The summed E-state index contributed by atoms with van der Waals surface area (Å²) in [6, 6.07) is 12.9. The Morgan fingerprint density at radius 1 is 1.19 bits per heavy atom. The summed E-state index contributed by atoms with van der Waals surface area (Å²) in [5.74, 6) is 1.22. The third-order valence-corrected chi connectivity index (χ3v) is 4.99. The average Bonchev–Trinajstić information content (AvgIpc) is 3.16. The maximum Gasteiger partial charge on any atom is 0.262 e. The lowest BCUT2D eigenvalue weighted by atomic mass is 10.2. The Hall–Kier alpha value is -2.05. The van der Waals surface area contributed by atoms with E-state index in [1.165, 1.54) is 0 Å². The second-order valence-electron chi connectivity index (χ2n) is 6.22. The van der Waals surface area contributed by atoms with Crippen LogP contribution in [0.3, 0.4) is 0 Å². The van der Waals surface area contributed by atoms with Crippen LogP contribution in [0, 0.1) is 6.92 Å². The minimum absolute atomic E-state index is 0.0433. The summed E-state index contributed by atoms with van der Waals surface area (Å²) in [5, 5.41) is 2.81. The lowest BCUT2D eigenvalue weighted by Gasteiger charge is -2.12. The van der Waals surface area contributed by atoms with Crippen LogP contribution in [0.2, 0.25) is 0 Å². The summed E-state index contributed by atoms with van der Waals surface area (Å²) >= 11 is 3.44. The minimum Gasteiger partial charge on any atom is -0.491 e. The molecule has 1 aliphatic heterocycles. The molecular weight excluding hydrogens is 398 g/mol. The molecule has 0 unspecified atom stereocenters. The molecule has 0 bridgehead atoms. The van der Waals surface area contributed by atoms with Gasteiger partial charge >= 0.3 is 0 Å². The van der Waals surface area contributed by atoms with Gasteiger partial charge in [0.15, 0.2) is 6.61 Å². The molecule has 5 nitrogen and oxygen atoms in total. The van der Waals surface area contributed by atoms with Crippen molar-refractivity contribution in [2.24, 2.45) is 0 Å². The maximum absolute atomic E-state index is 12.0. The molecule has 1 heterocycles. The highest BCUT2D eigenvalue weighted by molar-refractivity contribution is 9.10. The van der Waals surface area contributed by atoms with Gasteiger partial charge in [-0.15, -0.1) is 0 Å². The van der Waals surface area contributed by atoms with E-state index in [4.69, 9.17) is 14.2 Å². The minimum atomic E-state index is -0.210. The fourth-order valence-electron chi connectivity index (χ4n) is 2.65. The van der Waals surface area contributed by atoms with E-state index in [1.807, 2.05) is 49.4 Å². The molecule has 6 heteroatoms. The van der Waals surface area contributed by atoms with Crippen molar-refractivity contribution in [1.82, 2.24) is 0 Å². The number of carbonyl (C=O) groups is 1. The van der Waals surface area contributed by atoms with Crippen molar-refractivity contribution in [3.63, 3.8) is 0 Å². The number of hydrogen-bond acceptors (Lipinski definition) is 4. The van der Waals surface area contributed by atoms with Crippen molar-refractivity contribution in [2.45, 2.75) is 25.9 Å². The van der Waals surface area contributed by atoms with Crippen LogP contribution < -0.4 is 14.8 Å². The van der Waals surface area contributed by atoms with Gasteiger partial charge in [0.2, 0.25) is 0 Å². The smallest absolute Gasteiger partial charge is 0.262 e. The highest BCUT2D eigenvalue weighted by Gasteiger charge is 2.15. The van der Waals surface area contributed by atoms with Gasteiger partial charge in [0.1, 0.15) is 18.1 Å². The lowest BCUT2D eigenvalue weighted by Crippen LogP contribution is -2.20. The highest BCUT2D eigenvalue weighted by Crippen LogP contribution is 2.22. The molecule has 0 spiro atoms. The summed E-state index contributed by atoms with van der Waals surface area (Å²) in [6.45, 7) is 3.31. The van der Waals surface area contributed by atoms with Crippen molar-refractivity contribution < 1.29 is 19.0 Å². The van der Waals surface area contributed by atoms with Gasteiger partial charge in [0, 0.05) is 16.8 Å². The molecule has 1 aliphatic rings. The monoisotopic (exact) mass is 419 g/mol. The van der Waals surface area contributed by atoms with Gasteiger partial charge < -0.3 is 19.5 Å². The number of aryl methyl sites for hydroxylation is 1. The SMILES string of the molecule is Cc1cc(OCC(=O)Nc2ccc(OC[C@@H]3CCCO3)cc2)ccc1Br. The Balaban J connectivity index is 1.44. The average molecular weight is 420 g/mol. The van der Waals surface area contributed by atoms with Gasteiger partial charge in [-0.1, -0.05) is 15.9 Å². The fraction of sp³-hybridized carbons (Fsp3) is 0.350. The third kappa shape index (κ3) is 5.47. The summed E-state index contributed by atoms with van der Waals surface area (Å²) in [6.07, 6.45) is 2.33. The molecule has 26 heavy (non-hydrogen) atoms. The predicted molar refractivity (Wildman–Crippen MR) is 104 cm³/mol. The topological polar surface area (TPSA) is 56.8 Å². The maximum atomic E-state index is 12.0. The van der Waals surface area contributed by atoms with Crippen LogP contribution in [-0.4, -0.2) is 31.8 Å². The van der Waals surface area contributed by atoms with E-state index >= 15 is 0 Å². The van der Waals surface area contributed by atoms with E-state index < -0.39 is 0 Å². The Kier molecular flexibility index (Phi) is 6.52. The number of amides is 1. The quantitative estimate of drug-likeness (QED) is 0.725. The molecule has 138 valence electrons. The summed E-state index contributed by atoms with van der Waals surface area (Å²) in [7, 11) is 0. The standard InChI is InChI=1S/C20H22BrNO4/c1-14-11-17(8-9-19(14)21)26-13-20(23)22-15-4-6-16(7-5-15)25-12-18-3-2-10-24-18/h4-9,11,18H,2-3,10,12-13H2,1H3,(H,22,23)/t18-/m0/s1. The van der Waals surface area contributed by atoms with Crippen LogP contribution in [-0.2, 0) is 9.53 Å². The normalized spacial score (nSPS) is 16.3. The van der Waals surface area contributed by atoms with Gasteiger partial charge in [-0.2, -0.15) is 0 Å². The van der Waals surface area contributed by atoms with E-state index in [0.29, 0.717) is 18.0 Å². The van der Waals surface area contributed by atoms with Crippen LogP contribution in [0.4, 0.5) is 5.69 Å². The molecular formula is C20H22BrNO4. The Morgan fingerprint density at radius 2 is 1.96 bits per heavy atom. The first kappa shape index (κ1) is 18.7. The first-order valence-corrected chi connectivity index (χ1v) is 9.43. The number of nitrogens with one attached hydrogen (secondary N) is 1. The Labute approximate surface area is 161 Å². The van der Waals surface area contributed by atoms with E-state index in [1.54, 1.807) is 0 Å². The molecule has 0 aromatic heterocycles. The summed E-state index contributed by atoms with van der Waals surface area (Å²) < 4.78 is 17.8. The van der Waals surface area contributed by atoms with Crippen LogP contribution in [0.25, 0.3) is 0 Å². The molecule has 0 saturated carbocycles. The molecule has 1 amide bonds. The number of ether oxygens (including phenoxy) is 3. The molecule has 0 radical (unpaired) electrons. The lowest BCUT2D eigenvalue weighted by molar-refractivity contribution is -0.118. The van der Waals surface area contributed by atoms with Gasteiger partial charge in [0.05, 0.1) is 6.10 Å². The number of halogens is 1. The Morgan fingerprint density at radius 3 is 2.65 bits per heavy atom. The second kappa shape index (κ2) is 9.05. The van der Waals surface area contributed by atoms with Crippen molar-refractivity contribution in [2.75, 3.05) is 25.1 Å². The molecule has 2 aromatic carbocycles.